The third kappa shape index (κ3) is 4.93. The zero-order valence-corrected chi connectivity index (χ0v) is 13.4. The summed E-state index contributed by atoms with van der Waals surface area (Å²) >= 11 is 6.65. The number of amides is 1. The van der Waals surface area contributed by atoms with Crippen molar-refractivity contribution in [2.75, 3.05) is 5.32 Å². The maximum absolute atomic E-state index is 10.9. The minimum Gasteiger partial charge on any atom is -0.301 e. The van der Waals surface area contributed by atoms with Gasteiger partial charge >= 0.3 is 0 Å². The second-order valence-corrected chi connectivity index (χ2v) is 6.77. The third-order valence-electron chi connectivity index (χ3n) is 2.13. The van der Waals surface area contributed by atoms with Gasteiger partial charge in [-0.15, -0.1) is 22.0 Å². The minimum absolute atomic E-state index is 0.121. The first-order valence-corrected chi connectivity index (χ1v) is 8.32. The van der Waals surface area contributed by atoms with Crippen molar-refractivity contribution >= 4 is 50.1 Å². The minimum atomic E-state index is -0.121. The van der Waals surface area contributed by atoms with Crippen molar-refractivity contribution in [1.29, 1.82) is 0 Å². The van der Waals surface area contributed by atoms with Crippen LogP contribution in [0.1, 0.15) is 17.5 Å². The molecule has 1 aromatic heterocycles. The van der Waals surface area contributed by atoms with Gasteiger partial charge in [-0.25, -0.2) is 0 Å². The summed E-state index contributed by atoms with van der Waals surface area (Å²) < 4.78 is 1.09. The van der Waals surface area contributed by atoms with Gasteiger partial charge in [-0.3, -0.25) is 4.79 Å². The van der Waals surface area contributed by atoms with Crippen molar-refractivity contribution < 1.29 is 4.79 Å². The second kappa shape index (κ2) is 7.02. The van der Waals surface area contributed by atoms with E-state index >= 15 is 0 Å². The van der Waals surface area contributed by atoms with Gasteiger partial charge in [0, 0.05) is 22.9 Å². The van der Waals surface area contributed by atoms with Crippen molar-refractivity contribution in [3.63, 3.8) is 0 Å². The molecule has 2 rings (SSSR count). The van der Waals surface area contributed by atoms with Gasteiger partial charge in [0.1, 0.15) is 5.01 Å². The number of halogens is 1. The van der Waals surface area contributed by atoms with Crippen LogP contribution >= 0.6 is 39.0 Å². The maximum Gasteiger partial charge on any atom is 0.223 e. The first-order valence-electron chi connectivity index (χ1n) is 5.55. The van der Waals surface area contributed by atoms with Gasteiger partial charge in [0.05, 0.1) is 0 Å². The lowest BCUT2D eigenvalue weighted by molar-refractivity contribution is -0.114. The number of hydrogen-bond acceptors (Lipinski definition) is 5. The van der Waals surface area contributed by atoms with E-state index in [0.29, 0.717) is 5.13 Å². The third-order valence-corrected chi connectivity index (χ3v) is 4.66. The summed E-state index contributed by atoms with van der Waals surface area (Å²) in [7, 11) is 0. The predicted molar refractivity (Wildman–Crippen MR) is 83.4 cm³/mol. The number of aromatic nitrogens is 2. The van der Waals surface area contributed by atoms with Gasteiger partial charge < -0.3 is 5.32 Å². The lowest BCUT2D eigenvalue weighted by Gasteiger charge is -2.00. The lowest BCUT2D eigenvalue weighted by Crippen LogP contribution is -2.04. The average molecular weight is 358 g/mol. The molecule has 0 saturated carbocycles. The van der Waals surface area contributed by atoms with Gasteiger partial charge in [-0.2, -0.15) is 0 Å². The second-order valence-electron chi connectivity index (χ2n) is 3.80. The van der Waals surface area contributed by atoms with E-state index in [1.807, 2.05) is 12.1 Å². The molecule has 1 heterocycles. The number of carbonyl (C=O) groups is 1. The Morgan fingerprint density at radius 1 is 1.42 bits per heavy atom. The first-order chi connectivity index (χ1) is 9.13. The summed E-state index contributed by atoms with van der Waals surface area (Å²) in [5.41, 5.74) is 1.27. The van der Waals surface area contributed by atoms with Crippen LogP contribution < -0.4 is 5.32 Å². The summed E-state index contributed by atoms with van der Waals surface area (Å²) in [6.45, 7) is 1.46. The zero-order valence-electron chi connectivity index (χ0n) is 10.2. The zero-order chi connectivity index (χ0) is 13.7. The molecule has 1 amide bonds. The Kier molecular flexibility index (Phi) is 5.35. The van der Waals surface area contributed by atoms with E-state index in [-0.39, 0.29) is 5.91 Å². The van der Waals surface area contributed by atoms with E-state index in [0.717, 1.165) is 21.0 Å². The number of benzene rings is 1. The van der Waals surface area contributed by atoms with Crippen molar-refractivity contribution in [2.45, 2.75) is 18.4 Å². The molecule has 0 fully saturated rings. The van der Waals surface area contributed by atoms with E-state index in [1.54, 1.807) is 11.8 Å². The molecule has 2 aromatic rings. The Labute approximate surface area is 128 Å². The smallest absolute Gasteiger partial charge is 0.223 e. The standard InChI is InChI=1S/C12H12BrN3OS2/c1-8(17)14-12-16-15-11(19-12)7-18-6-9-3-2-4-10(13)5-9/h2-5H,6-7H2,1H3,(H,14,16,17). The fraction of sp³-hybridized carbons (Fsp3) is 0.250. The highest BCUT2D eigenvalue weighted by atomic mass is 79.9. The van der Waals surface area contributed by atoms with E-state index in [2.05, 4.69) is 43.6 Å². The molecule has 0 aliphatic carbocycles. The van der Waals surface area contributed by atoms with Crippen molar-refractivity contribution in [3.05, 3.63) is 39.3 Å². The van der Waals surface area contributed by atoms with Crippen LogP contribution in [0.4, 0.5) is 5.13 Å². The molecular weight excluding hydrogens is 346 g/mol. The quantitative estimate of drug-likeness (QED) is 0.886. The molecule has 0 aliphatic heterocycles. The number of anilines is 1. The fourth-order valence-electron chi connectivity index (χ4n) is 1.40. The number of nitrogens with zero attached hydrogens (tertiary/aromatic N) is 2. The van der Waals surface area contributed by atoms with Crippen LogP contribution in [0.25, 0.3) is 0 Å². The Hall–Kier alpha value is -0.920. The van der Waals surface area contributed by atoms with Gasteiger partial charge in [-0.05, 0) is 17.7 Å². The first kappa shape index (κ1) is 14.5. The summed E-state index contributed by atoms with van der Waals surface area (Å²) in [6, 6.07) is 8.24. The van der Waals surface area contributed by atoms with E-state index < -0.39 is 0 Å². The molecule has 4 nitrogen and oxygen atoms in total. The van der Waals surface area contributed by atoms with Gasteiger partial charge in [0.2, 0.25) is 11.0 Å². The number of thioether (sulfide) groups is 1. The van der Waals surface area contributed by atoms with Crippen LogP contribution in [0.3, 0.4) is 0 Å². The Morgan fingerprint density at radius 2 is 2.26 bits per heavy atom. The average Bonchev–Trinajstić information content (AvgIpc) is 2.76. The predicted octanol–water partition coefficient (Wildman–Crippen LogP) is 3.69. The van der Waals surface area contributed by atoms with E-state index in [1.165, 1.54) is 23.8 Å². The number of hydrogen-bond donors (Lipinski definition) is 1. The van der Waals surface area contributed by atoms with Gasteiger partial charge in [0.15, 0.2) is 0 Å². The Morgan fingerprint density at radius 3 is 3.00 bits per heavy atom. The molecule has 1 aromatic carbocycles. The molecule has 0 atom stereocenters. The molecule has 0 bridgehead atoms. The molecule has 0 spiro atoms. The molecule has 7 heteroatoms. The molecule has 0 radical (unpaired) electrons. The number of carbonyl (C=O) groups excluding carboxylic acids is 1. The summed E-state index contributed by atoms with van der Waals surface area (Å²) in [4.78, 5) is 10.9. The van der Waals surface area contributed by atoms with Gasteiger partial charge in [-0.1, -0.05) is 39.4 Å². The Balaban J connectivity index is 1.82. The lowest BCUT2D eigenvalue weighted by atomic mass is 10.2. The van der Waals surface area contributed by atoms with Crippen LogP contribution in [0.5, 0.6) is 0 Å². The van der Waals surface area contributed by atoms with Crippen LogP contribution in [0.15, 0.2) is 28.7 Å². The Bertz CT molecular complexity index is 574. The normalized spacial score (nSPS) is 10.4. The summed E-state index contributed by atoms with van der Waals surface area (Å²) in [6.07, 6.45) is 0. The van der Waals surface area contributed by atoms with Crippen LogP contribution in [0.2, 0.25) is 0 Å². The van der Waals surface area contributed by atoms with Crippen molar-refractivity contribution in [3.8, 4) is 0 Å². The SMILES string of the molecule is CC(=O)Nc1nnc(CSCc2cccc(Br)c2)s1. The molecule has 19 heavy (non-hydrogen) atoms. The van der Waals surface area contributed by atoms with Crippen LogP contribution in [0, 0.1) is 0 Å². The van der Waals surface area contributed by atoms with E-state index in [4.69, 9.17) is 0 Å². The molecule has 1 N–H and O–H groups in total. The highest BCUT2D eigenvalue weighted by Gasteiger charge is 2.05. The van der Waals surface area contributed by atoms with Crippen molar-refractivity contribution in [1.82, 2.24) is 10.2 Å². The van der Waals surface area contributed by atoms with Crippen LogP contribution in [-0.4, -0.2) is 16.1 Å². The summed E-state index contributed by atoms with van der Waals surface area (Å²) in [5, 5.41) is 12.1. The maximum atomic E-state index is 10.9. The number of nitrogens with one attached hydrogen (secondary N) is 1. The highest BCUT2D eigenvalue weighted by Crippen LogP contribution is 2.23. The topological polar surface area (TPSA) is 54.9 Å². The van der Waals surface area contributed by atoms with Crippen molar-refractivity contribution in [2.24, 2.45) is 0 Å². The van der Waals surface area contributed by atoms with E-state index in [9.17, 15) is 4.79 Å². The molecular formula is C12H12BrN3OS2. The largest absolute Gasteiger partial charge is 0.301 e. The summed E-state index contributed by atoms with van der Waals surface area (Å²) in [5.74, 6) is 1.60. The van der Waals surface area contributed by atoms with Crippen LogP contribution in [-0.2, 0) is 16.3 Å². The van der Waals surface area contributed by atoms with Gasteiger partial charge in [0.25, 0.3) is 0 Å². The number of rotatable bonds is 5. The fourth-order valence-corrected chi connectivity index (χ4v) is 3.66. The highest BCUT2D eigenvalue weighted by molar-refractivity contribution is 9.10. The molecule has 0 saturated heterocycles. The molecule has 100 valence electrons. The monoisotopic (exact) mass is 357 g/mol. The molecule has 0 unspecified atom stereocenters. The molecule has 0 aliphatic rings.